The standard InChI is InChI=1S/C24H26N6O4S/c25-34-16-2-3-18-17(11-16)19(7-10-26-18)29-23(32)24(33)8-5-14(6-9-24)27-12-15-1-4-20-22(28-15)30-21(31)13-35-20/h1-4,7,10-11,14,27,33H,5-6,8-9,12-13,25H2,(H,26,29,32)(H,28,30,31). The zero-order valence-electron chi connectivity index (χ0n) is 18.9. The highest BCUT2D eigenvalue weighted by Gasteiger charge is 2.40. The summed E-state index contributed by atoms with van der Waals surface area (Å²) in [4.78, 5) is 39.2. The molecule has 0 atom stereocenters. The second-order valence-corrected chi connectivity index (χ2v) is 9.80. The van der Waals surface area contributed by atoms with Crippen molar-refractivity contribution in [2.24, 2.45) is 5.90 Å². The van der Waals surface area contributed by atoms with Crippen molar-refractivity contribution in [3.63, 3.8) is 0 Å². The second-order valence-electron chi connectivity index (χ2n) is 8.78. The zero-order valence-corrected chi connectivity index (χ0v) is 19.7. The van der Waals surface area contributed by atoms with E-state index in [-0.39, 0.29) is 11.9 Å². The van der Waals surface area contributed by atoms with Crippen LogP contribution in [0.15, 0.2) is 47.5 Å². The van der Waals surface area contributed by atoms with E-state index in [4.69, 9.17) is 10.7 Å². The minimum atomic E-state index is -1.46. The number of fused-ring (bicyclic) bond motifs is 2. The minimum Gasteiger partial charge on any atom is -0.412 e. The number of anilines is 2. The topological polar surface area (TPSA) is 151 Å². The van der Waals surface area contributed by atoms with Crippen molar-refractivity contribution in [2.75, 3.05) is 16.4 Å². The Balaban J connectivity index is 1.18. The molecule has 1 saturated carbocycles. The number of aliphatic hydroxyl groups is 1. The van der Waals surface area contributed by atoms with E-state index in [0.717, 1.165) is 10.6 Å². The number of benzene rings is 1. The molecule has 2 aromatic heterocycles. The van der Waals surface area contributed by atoms with Gasteiger partial charge in [-0.2, -0.15) is 5.90 Å². The Hall–Kier alpha value is -3.25. The largest absolute Gasteiger partial charge is 0.412 e. The third-order valence-corrected chi connectivity index (χ3v) is 7.48. The van der Waals surface area contributed by atoms with Gasteiger partial charge in [-0.15, -0.1) is 11.8 Å². The van der Waals surface area contributed by atoms with Crippen molar-refractivity contribution >= 4 is 46.0 Å². The Morgan fingerprint density at radius 1 is 1.26 bits per heavy atom. The molecule has 1 aliphatic carbocycles. The van der Waals surface area contributed by atoms with Crippen LogP contribution < -0.4 is 26.7 Å². The van der Waals surface area contributed by atoms with Crippen LogP contribution in [0.5, 0.6) is 5.75 Å². The first-order valence-electron chi connectivity index (χ1n) is 11.4. The molecule has 5 rings (SSSR count). The molecule has 0 saturated heterocycles. The van der Waals surface area contributed by atoms with Crippen molar-refractivity contribution in [3.05, 3.63) is 48.3 Å². The lowest BCUT2D eigenvalue weighted by atomic mass is 9.81. The highest BCUT2D eigenvalue weighted by atomic mass is 32.2. The van der Waals surface area contributed by atoms with E-state index < -0.39 is 11.5 Å². The van der Waals surface area contributed by atoms with E-state index in [1.165, 1.54) is 11.8 Å². The number of amides is 2. The Labute approximate surface area is 206 Å². The fourth-order valence-corrected chi connectivity index (χ4v) is 5.18. The molecule has 35 heavy (non-hydrogen) atoms. The third-order valence-electron chi connectivity index (χ3n) is 6.44. The fourth-order valence-electron chi connectivity index (χ4n) is 4.42. The van der Waals surface area contributed by atoms with Crippen LogP contribution >= 0.6 is 11.8 Å². The molecule has 0 unspecified atom stereocenters. The number of aromatic nitrogens is 2. The molecular formula is C24H26N6O4S. The maximum absolute atomic E-state index is 13.0. The van der Waals surface area contributed by atoms with Gasteiger partial charge in [-0.05, 0) is 62.1 Å². The maximum atomic E-state index is 13.0. The van der Waals surface area contributed by atoms with Gasteiger partial charge in [-0.25, -0.2) is 4.98 Å². The number of thioether (sulfide) groups is 1. The van der Waals surface area contributed by atoms with Gasteiger partial charge in [0.25, 0.3) is 5.91 Å². The highest BCUT2D eigenvalue weighted by molar-refractivity contribution is 8.00. The Morgan fingerprint density at radius 3 is 2.89 bits per heavy atom. The quantitative estimate of drug-likeness (QED) is 0.325. The van der Waals surface area contributed by atoms with Crippen molar-refractivity contribution in [1.29, 1.82) is 0 Å². The molecule has 1 aliphatic heterocycles. The van der Waals surface area contributed by atoms with Crippen LogP contribution in [0, 0.1) is 0 Å². The van der Waals surface area contributed by atoms with Gasteiger partial charge >= 0.3 is 0 Å². The number of carbonyl (C=O) groups excluding carboxylic acids is 2. The van der Waals surface area contributed by atoms with E-state index in [1.807, 2.05) is 12.1 Å². The molecule has 6 N–H and O–H groups in total. The average Bonchev–Trinajstić information content (AvgIpc) is 2.88. The summed E-state index contributed by atoms with van der Waals surface area (Å²) in [5, 5.41) is 20.9. The summed E-state index contributed by atoms with van der Waals surface area (Å²) in [7, 11) is 0. The first-order chi connectivity index (χ1) is 16.9. The predicted octanol–water partition coefficient (Wildman–Crippen LogP) is 2.33. The number of rotatable bonds is 6. The Morgan fingerprint density at radius 2 is 2.09 bits per heavy atom. The molecular weight excluding hydrogens is 468 g/mol. The minimum absolute atomic E-state index is 0.0436. The molecule has 10 nitrogen and oxygen atoms in total. The predicted molar refractivity (Wildman–Crippen MR) is 133 cm³/mol. The smallest absolute Gasteiger partial charge is 0.256 e. The molecule has 11 heteroatoms. The number of nitrogens with one attached hydrogen (secondary N) is 3. The van der Waals surface area contributed by atoms with E-state index in [9.17, 15) is 14.7 Å². The highest BCUT2D eigenvalue weighted by Crippen LogP contribution is 2.33. The van der Waals surface area contributed by atoms with Gasteiger partial charge in [0, 0.05) is 24.2 Å². The van der Waals surface area contributed by atoms with Crippen LogP contribution in [0.2, 0.25) is 0 Å². The van der Waals surface area contributed by atoms with Crippen LogP contribution in [0.25, 0.3) is 10.9 Å². The number of pyridine rings is 2. The molecule has 0 bridgehead atoms. The summed E-state index contributed by atoms with van der Waals surface area (Å²) in [6, 6.07) is 10.9. The van der Waals surface area contributed by atoms with Crippen molar-refractivity contribution in [3.8, 4) is 5.75 Å². The number of hydrogen-bond acceptors (Lipinski definition) is 9. The second kappa shape index (κ2) is 9.78. The lowest BCUT2D eigenvalue weighted by Crippen LogP contribution is -2.48. The molecule has 1 aromatic carbocycles. The van der Waals surface area contributed by atoms with Crippen LogP contribution in [0.1, 0.15) is 31.4 Å². The van der Waals surface area contributed by atoms with Crippen LogP contribution in [-0.2, 0) is 16.1 Å². The lowest BCUT2D eigenvalue weighted by Gasteiger charge is -2.35. The van der Waals surface area contributed by atoms with E-state index in [0.29, 0.717) is 66.1 Å². The summed E-state index contributed by atoms with van der Waals surface area (Å²) in [5.74, 6) is 6.24. The monoisotopic (exact) mass is 494 g/mol. The summed E-state index contributed by atoms with van der Waals surface area (Å²) in [6.07, 6.45) is 3.56. The van der Waals surface area contributed by atoms with Crippen LogP contribution in [0.4, 0.5) is 11.5 Å². The lowest BCUT2D eigenvalue weighted by molar-refractivity contribution is -0.137. The van der Waals surface area contributed by atoms with E-state index >= 15 is 0 Å². The molecule has 182 valence electrons. The molecule has 0 spiro atoms. The van der Waals surface area contributed by atoms with Crippen LogP contribution in [0.3, 0.4) is 0 Å². The Kier molecular flexibility index (Phi) is 6.56. The van der Waals surface area contributed by atoms with Gasteiger partial charge in [0.05, 0.1) is 27.5 Å². The van der Waals surface area contributed by atoms with E-state index in [2.05, 4.69) is 25.9 Å². The van der Waals surface area contributed by atoms with Gasteiger partial charge in [-0.3, -0.25) is 14.6 Å². The fraction of sp³-hybridized carbons (Fsp3) is 0.333. The summed E-state index contributed by atoms with van der Waals surface area (Å²) >= 11 is 1.48. The summed E-state index contributed by atoms with van der Waals surface area (Å²) < 4.78 is 0. The maximum Gasteiger partial charge on any atom is 0.256 e. The normalized spacial score (nSPS) is 21.8. The third kappa shape index (κ3) is 5.08. The van der Waals surface area contributed by atoms with Crippen molar-refractivity contribution in [2.45, 2.75) is 48.8 Å². The summed E-state index contributed by atoms with van der Waals surface area (Å²) in [5.41, 5.74) is 0.589. The number of hydrogen-bond donors (Lipinski definition) is 5. The molecule has 3 heterocycles. The number of nitrogens with zero attached hydrogens (tertiary/aromatic N) is 2. The number of carbonyl (C=O) groups is 2. The zero-order chi connectivity index (χ0) is 24.4. The Bertz CT molecular complexity index is 1280. The first-order valence-corrected chi connectivity index (χ1v) is 12.4. The van der Waals surface area contributed by atoms with Crippen molar-refractivity contribution in [1.82, 2.24) is 15.3 Å². The van der Waals surface area contributed by atoms with Gasteiger partial charge in [-0.1, -0.05) is 0 Å². The molecule has 0 radical (unpaired) electrons. The summed E-state index contributed by atoms with van der Waals surface area (Å²) in [6.45, 7) is 0.539. The molecule has 3 aromatic rings. The van der Waals surface area contributed by atoms with E-state index in [1.54, 1.807) is 30.5 Å². The first kappa shape index (κ1) is 23.5. The SMILES string of the molecule is NOc1ccc2nccc(NC(=O)C3(O)CCC(NCc4ccc5c(n4)NC(=O)CS5)CC3)c2c1. The van der Waals surface area contributed by atoms with Gasteiger partial charge in [0.1, 0.15) is 17.2 Å². The molecule has 2 amide bonds. The van der Waals surface area contributed by atoms with Gasteiger partial charge in [0.2, 0.25) is 5.91 Å². The molecule has 1 fully saturated rings. The van der Waals surface area contributed by atoms with Gasteiger partial charge in [0.15, 0.2) is 0 Å². The van der Waals surface area contributed by atoms with Crippen molar-refractivity contribution < 1.29 is 19.5 Å². The van der Waals surface area contributed by atoms with Gasteiger partial charge < -0.3 is 25.9 Å². The molecule has 2 aliphatic rings. The van der Waals surface area contributed by atoms with Crippen LogP contribution in [-0.4, -0.2) is 44.3 Å². The average molecular weight is 495 g/mol. The number of nitrogens with two attached hydrogens (primary N) is 1.